The number of nitrogens with zero attached hydrogens (tertiary/aromatic N) is 1. The molecule has 1 aliphatic heterocycles. The van der Waals surface area contributed by atoms with Gasteiger partial charge in [0.1, 0.15) is 0 Å². The first-order valence-corrected chi connectivity index (χ1v) is 11.7. The first-order chi connectivity index (χ1) is 12.8. The third-order valence-corrected chi connectivity index (χ3v) is 9.69. The van der Waals surface area contributed by atoms with Crippen LogP contribution in [0, 0.1) is 34.5 Å². The Balaban J connectivity index is 1.51. The van der Waals surface area contributed by atoms with E-state index in [1.165, 1.54) is 51.6 Å². The molecule has 0 radical (unpaired) electrons. The first-order valence-electron chi connectivity index (χ1n) is 11.7. The maximum absolute atomic E-state index is 10.3. The van der Waals surface area contributed by atoms with Crippen LogP contribution in [0.2, 0.25) is 0 Å². The Morgan fingerprint density at radius 2 is 1.70 bits per heavy atom. The highest BCUT2D eigenvalue weighted by Gasteiger charge is 2.59. The largest absolute Gasteiger partial charge is 0.393 e. The van der Waals surface area contributed by atoms with E-state index in [9.17, 15) is 5.11 Å². The molecule has 2 saturated carbocycles. The van der Waals surface area contributed by atoms with Crippen LogP contribution in [0.4, 0.5) is 0 Å². The van der Waals surface area contributed by atoms with E-state index in [0.29, 0.717) is 16.7 Å². The third kappa shape index (κ3) is 2.47. The number of hydrogen-bond acceptors (Lipinski definition) is 2. The second-order valence-electron chi connectivity index (χ2n) is 11.1. The van der Waals surface area contributed by atoms with Crippen LogP contribution in [0.15, 0.2) is 22.9 Å². The van der Waals surface area contributed by atoms with Crippen molar-refractivity contribution in [2.75, 3.05) is 13.1 Å². The predicted molar refractivity (Wildman–Crippen MR) is 111 cm³/mol. The minimum absolute atomic E-state index is 0.0981. The normalized spacial score (nSPS) is 49.6. The summed E-state index contributed by atoms with van der Waals surface area (Å²) in [4.78, 5) is 2.77. The van der Waals surface area contributed by atoms with Gasteiger partial charge in [-0.05, 0) is 87.4 Å². The van der Waals surface area contributed by atoms with Gasteiger partial charge in [-0.2, -0.15) is 0 Å². The highest BCUT2D eigenvalue weighted by atomic mass is 16.3. The van der Waals surface area contributed by atoms with Gasteiger partial charge in [0.25, 0.3) is 0 Å². The quantitative estimate of drug-likeness (QED) is 0.614. The average Bonchev–Trinajstić information content (AvgIpc) is 3.21. The lowest BCUT2D eigenvalue weighted by atomic mass is 9.46. The van der Waals surface area contributed by atoms with Gasteiger partial charge < -0.3 is 10.0 Å². The van der Waals surface area contributed by atoms with Crippen LogP contribution in [-0.2, 0) is 0 Å². The Labute approximate surface area is 166 Å². The van der Waals surface area contributed by atoms with E-state index in [4.69, 9.17) is 0 Å². The molecule has 2 nitrogen and oxygen atoms in total. The molecule has 0 bridgehead atoms. The van der Waals surface area contributed by atoms with Crippen LogP contribution in [-0.4, -0.2) is 29.2 Å². The van der Waals surface area contributed by atoms with E-state index in [-0.39, 0.29) is 6.10 Å². The van der Waals surface area contributed by atoms with Crippen molar-refractivity contribution in [3.8, 4) is 0 Å². The van der Waals surface area contributed by atoms with Crippen LogP contribution in [0.5, 0.6) is 0 Å². The molecule has 4 aliphatic carbocycles. The van der Waals surface area contributed by atoms with Gasteiger partial charge in [0, 0.05) is 24.2 Å². The molecular weight excluding hydrogens is 330 g/mol. The molecule has 1 heterocycles. The molecule has 0 aromatic rings. The van der Waals surface area contributed by atoms with Crippen LogP contribution in [0.1, 0.15) is 79.1 Å². The zero-order valence-electron chi connectivity index (χ0n) is 17.9. The molecule has 0 aromatic carbocycles. The molecule has 5 rings (SSSR count). The fourth-order valence-electron chi connectivity index (χ4n) is 8.48. The topological polar surface area (TPSA) is 23.5 Å². The molecule has 0 spiro atoms. The molecule has 27 heavy (non-hydrogen) atoms. The van der Waals surface area contributed by atoms with Gasteiger partial charge in [-0.15, -0.1) is 0 Å². The van der Waals surface area contributed by atoms with Gasteiger partial charge in [0.05, 0.1) is 6.10 Å². The van der Waals surface area contributed by atoms with E-state index in [1.807, 2.05) is 0 Å². The van der Waals surface area contributed by atoms with Crippen LogP contribution >= 0.6 is 0 Å². The van der Waals surface area contributed by atoms with Gasteiger partial charge in [-0.3, -0.25) is 0 Å². The van der Waals surface area contributed by atoms with Crippen LogP contribution < -0.4 is 0 Å². The number of hydrogen-bond donors (Lipinski definition) is 1. The number of allylic oxidation sites excluding steroid dienone is 3. The molecule has 3 fully saturated rings. The van der Waals surface area contributed by atoms with Crippen molar-refractivity contribution in [1.82, 2.24) is 4.90 Å². The maximum atomic E-state index is 10.3. The number of aliphatic hydroxyl groups is 1. The third-order valence-electron chi connectivity index (χ3n) is 9.69. The molecule has 5 aliphatic rings. The lowest BCUT2D eigenvalue weighted by Gasteiger charge is -2.59. The summed E-state index contributed by atoms with van der Waals surface area (Å²) in [5, 5.41) is 10.3. The molecule has 2 heteroatoms. The van der Waals surface area contributed by atoms with Crippen molar-refractivity contribution in [1.29, 1.82) is 0 Å². The predicted octanol–water partition coefficient (Wildman–Crippen LogP) is 5.54. The number of likely N-dealkylation sites (tertiary alicyclic amines) is 1. The molecule has 1 N–H and O–H groups in total. The van der Waals surface area contributed by atoms with Crippen LogP contribution in [0.25, 0.3) is 0 Å². The molecule has 150 valence electrons. The first kappa shape index (κ1) is 18.3. The fraction of sp³-hybridized carbons (Fsp3) is 0.840. The van der Waals surface area contributed by atoms with Gasteiger partial charge >= 0.3 is 0 Å². The summed E-state index contributed by atoms with van der Waals surface area (Å²) in [5.74, 6) is 3.13. The number of fused-ring (bicyclic) bond motifs is 5. The average molecular weight is 370 g/mol. The summed E-state index contributed by atoms with van der Waals surface area (Å²) in [6, 6.07) is 0. The molecule has 7 atom stereocenters. The number of aliphatic hydroxyl groups excluding tert-OH is 1. The Kier molecular flexibility index (Phi) is 4.14. The standard InChI is InChI=1S/C25H39NO/c1-16-13-18-15-19(27)7-9-24(18,3)20-8-10-25(4)21(22(16)20)14-17(2)23(25)26-11-5-6-12-26/h13,16,19-22,27H,5-12,14-15H2,1-4H3/t16?,19?,20-,21+,22-,24+,25+/m1/s1. The summed E-state index contributed by atoms with van der Waals surface area (Å²) in [6.45, 7) is 12.7. The molecule has 1 saturated heterocycles. The summed E-state index contributed by atoms with van der Waals surface area (Å²) in [7, 11) is 0. The lowest BCUT2D eigenvalue weighted by molar-refractivity contribution is -0.0533. The maximum Gasteiger partial charge on any atom is 0.0577 e. The Morgan fingerprint density at radius 1 is 1.00 bits per heavy atom. The van der Waals surface area contributed by atoms with Crippen molar-refractivity contribution in [2.24, 2.45) is 34.5 Å². The van der Waals surface area contributed by atoms with Gasteiger partial charge in [0.15, 0.2) is 0 Å². The monoisotopic (exact) mass is 369 g/mol. The summed E-state index contributed by atoms with van der Waals surface area (Å²) in [5.41, 5.74) is 5.81. The highest BCUT2D eigenvalue weighted by molar-refractivity contribution is 5.34. The highest BCUT2D eigenvalue weighted by Crippen LogP contribution is 2.67. The van der Waals surface area contributed by atoms with Crippen molar-refractivity contribution in [3.63, 3.8) is 0 Å². The van der Waals surface area contributed by atoms with Crippen molar-refractivity contribution in [2.45, 2.75) is 85.2 Å². The lowest BCUT2D eigenvalue weighted by Crippen LogP contribution is -2.53. The zero-order chi connectivity index (χ0) is 19.0. The van der Waals surface area contributed by atoms with Crippen molar-refractivity contribution >= 4 is 0 Å². The van der Waals surface area contributed by atoms with E-state index in [1.54, 1.807) is 16.8 Å². The Morgan fingerprint density at radius 3 is 2.44 bits per heavy atom. The molecule has 0 amide bonds. The smallest absolute Gasteiger partial charge is 0.0577 e. The van der Waals surface area contributed by atoms with Gasteiger partial charge in [-0.25, -0.2) is 0 Å². The molecule has 0 aromatic heterocycles. The Bertz CT molecular complexity index is 686. The SMILES string of the molecule is CC1=C(N2CCCC2)[C@@]2(C)CC[C@@H]3[C@@H](C(C)C=C4CC(O)CC[C@@]43C)[C@@H]2C1. The van der Waals surface area contributed by atoms with Gasteiger partial charge in [0.2, 0.25) is 0 Å². The van der Waals surface area contributed by atoms with Crippen LogP contribution in [0.3, 0.4) is 0 Å². The second-order valence-corrected chi connectivity index (χ2v) is 11.1. The van der Waals surface area contributed by atoms with E-state index in [2.05, 4.69) is 38.7 Å². The minimum atomic E-state index is -0.0981. The van der Waals surface area contributed by atoms with E-state index in [0.717, 1.165) is 30.6 Å². The second kappa shape index (κ2) is 6.12. The summed E-state index contributed by atoms with van der Waals surface area (Å²) in [6.07, 6.45) is 12.5. The van der Waals surface area contributed by atoms with Crippen molar-refractivity contribution < 1.29 is 5.11 Å². The molecule has 2 unspecified atom stereocenters. The Hall–Kier alpha value is -0.760. The molecular formula is C25H39NO. The summed E-state index contributed by atoms with van der Waals surface area (Å²) < 4.78 is 0. The zero-order valence-corrected chi connectivity index (χ0v) is 17.9. The van der Waals surface area contributed by atoms with Crippen molar-refractivity contribution in [3.05, 3.63) is 22.9 Å². The number of rotatable bonds is 1. The van der Waals surface area contributed by atoms with E-state index < -0.39 is 0 Å². The fourth-order valence-corrected chi connectivity index (χ4v) is 8.48. The van der Waals surface area contributed by atoms with Gasteiger partial charge in [-0.1, -0.05) is 38.0 Å². The van der Waals surface area contributed by atoms with E-state index >= 15 is 0 Å². The summed E-state index contributed by atoms with van der Waals surface area (Å²) >= 11 is 0. The minimum Gasteiger partial charge on any atom is -0.393 e.